The molecule has 0 unspecified atom stereocenters. The van der Waals surface area contributed by atoms with Gasteiger partial charge >= 0.3 is 18.2 Å². The lowest BCUT2D eigenvalue weighted by Crippen LogP contribution is -2.36. The number of benzene rings is 1. The van der Waals surface area contributed by atoms with Crippen molar-refractivity contribution < 1.29 is 28.7 Å². The molecule has 0 saturated heterocycles. The molecule has 1 aliphatic carbocycles. The summed E-state index contributed by atoms with van der Waals surface area (Å²) in [5.41, 5.74) is 3.26. The van der Waals surface area contributed by atoms with Crippen molar-refractivity contribution in [1.29, 1.82) is 0 Å². The highest BCUT2D eigenvalue weighted by molar-refractivity contribution is 5.94. The van der Waals surface area contributed by atoms with Crippen molar-refractivity contribution in [2.75, 3.05) is 0 Å². The molecule has 0 aliphatic heterocycles. The number of rotatable bonds is 1. The number of carbonyl (C=O) groups is 3. The molecule has 0 spiro atoms. The minimum Gasteiger partial charge on any atom is -0.443 e. The average molecular weight is 431 g/mol. The molecule has 0 saturated carbocycles. The second-order valence-corrected chi connectivity index (χ2v) is 9.72. The molecule has 1 aliphatic rings. The Kier molecular flexibility index (Phi) is 6.02. The summed E-state index contributed by atoms with van der Waals surface area (Å²) in [6.45, 7) is 10.6. The van der Waals surface area contributed by atoms with Crippen LogP contribution < -0.4 is 5.48 Å². The van der Waals surface area contributed by atoms with Gasteiger partial charge in [-0.15, -0.1) is 5.48 Å². The molecule has 1 heterocycles. The summed E-state index contributed by atoms with van der Waals surface area (Å²) in [5, 5.41) is 0.904. The number of nitrogens with one attached hydrogen (secondary N) is 1. The van der Waals surface area contributed by atoms with Gasteiger partial charge in [-0.1, -0.05) is 18.2 Å². The van der Waals surface area contributed by atoms with E-state index in [1.54, 1.807) is 25.3 Å². The monoisotopic (exact) mass is 430 g/mol. The van der Waals surface area contributed by atoms with Gasteiger partial charge in [0.2, 0.25) is 0 Å². The largest absolute Gasteiger partial charge is 0.443 e. The lowest BCUT2D eigenvalue weighted by Gasteiger charge is -2.24. The predicted molar refractivity (Wildman–Crippen MR) is 115 cm³/mol. The van der Waals surface area contributed by atoms with E-state index in [0.717, 1.165) is 22.2 Å². The van der Waals surface area contributed by atoms with E-state index in [0.29, 0.717) is 19.3 Å². The van der Waals surface area contributed by atoms with Crippen molar-refractivity contribution in [1.82, 2.24) is 10.0 Å². The van der Waals surface area contributed by atoms with Crippen LogP contribution in [-0.2, 0) is 31.9 Å². The van der Waals surface area contributed by atoms with Crippen LogP contribution in [0.2, 0.25) is 0 Å². The number of amides is 1. The van der Waals surface area contributed by atoms with Crippen LogP contribution in [0.3, 0.4) is 0 Å². The van der Waals surface area contributed by atoms with Gasteiger partial charge in [0.25, 0.3) is 0 Å². The fraction of sp³-hybridized carbons (Fsp3) is 0.522. The highest BCUT2D eigenvalue weighted by Gasteiger charge is 2.33. The van der Waals surface area contributed by atoms with Crippen LogP contribution in [-0.4, -0.2) is 33.9 Å². The number of ether oxygens (including phenoxy) is 2. The van der Waals surface area contributed by atoms with Gasteiger partial charge in [-0.05, 0) is 72.4 Å². The molecule has 1 aromatic heterocycles. The molecule has 3 rings (SSSR count). The molecule has 0 fully saturated rings. The van der Waals surface area contributed by atoms with E-state index in [2.05, 4.69) is 5.48 Å². The van der Waals surface area contributed by atoms with Gasteiger partial charge in [-0.2, -0.15) is 0 Å². The van der Waals surface area contributed by atoms with Crippen LogP contribution >= 0.6 is 0 Å². The lowest BCUT2D eigenvalue weighted by molar-refractivity contribution is -0.156. The number of para-hydroxylation sites is 1. The molecule has 8 nitrogen and oxygen atoms in total. The minimum absolute atomic E-state index is 0.403. The summed E-state index contributed by atoms with van der Waals surface area (Å²) in [5.74, 6) is -0.981. The molecule has 1 aromatic carbocycles. The van der Waals surface area contributed by atoms with Crippen LogP contribution in [0.5, 0.6) is 0 Å². The SMILES string of the molecule is CC(C)(C)OC(=O)NOC(=O)[C@@H]1CCc2c(c3ccccc3n2C(=O)OC(C)(C)C)C1. The van der Waals surface area contributed by atoms with E-state index >= 15 is 0 Å². The molecule has 1 amide bonds. The molecular formula is C23H30N2O6. The summed E-state index contributed by atoms with van der Waals surface area (Å²) in [6, 6.07) is 7.57. The number of hydrogen-bond donors (Lipinski definition) is 1. The number of carbonyl (C=O) groups excluding carboxylic acids is 3. The van der Waals surface area contributed by atoms with Gasteiger partial charge in [0, 0.05) is 11.1 Å². The van der Waals surface area contributed by atoms with Crippen LogP contribution in [0.4, 0.5) is 9.59 Å². The maximum atomic E-state index is 12.9. The normalized spacial score (nSPS) is 16.4. The van der Waals surface area contributed by atoms with Crippen LogP contribution in [0.15, 0.2) is 24.3 Å². The van der Waals surface area contributed by atoms with Crippen molar-refractivity contribution in [3.05, 3.63) is 35.5 Å². The van der Waals surface area contributed by atoms with E-state index in [-0.39, 0.29) is 0 Å². The third-order valence-corrected chi connectivity index (χ3v) is 4.81. The van der Waals surface area contributed by atoms with Gasteiger partial charge in [-0.25, -0.2) is 19.0 Å². The molecule has 31 heavy (non-hydrogen) atoms. The third-order valence-electron chi connectivity index (χ3n) is 4.81. The van der Waals surface area contributed by atoms with Crippen molar-refractivity contribution in [2.24, 2.45) is 5.92 Å². The zero-order valence-corrected chi connectivity index (χ0v) is 18.9. The Labute approximate surface area is 181 Å². The van der Waals surface area contributed by atoms with Crippen LogP contribution in [0, 0.1) is 5.92 Å². The van der Waals surface area contributed by atoms with Gasteiger partial charge in [0.15, 0.2) is 0 Å². The number of hydrogen-bond acceptors (Lipinski definition) is 6. The standard InChI is InChI=1S/C23H30N2O6/c1-22(2,3)29-20(27)24-31-19(26)14-11-12-18-16(13-14)15-9-7-8-10-17(15)25(18)21(28)30-23(4,5)6/h7-10,14H,11-13H2,1-6H3,(H,24,27)/t14-/m1/s1. The van der Waals surface area contributed by atoms with Crippen LogP contribution in [0.25, 0.3) is 10.9 Å². The molecule has 8 heteroatoms. The smallest absolute Gasteiger partial charge is 0.441 e. The van der Waals surface area contributed by atoms with Crippen molar-refractivity contribution in [2.45, 2.75) is 72.0 Å². The average Bonchev–Trinajstić information content (AvgIpc) is 2.97. The third kappa shape index (κ3) is 5.37. The molecular weight excluding hydrogens is 400 g/mol. The minimum atomic E-state index is -0.820. The second kappa shape index (κ2) is 8.24. The first-order chi connectivity index (χ1) is 14.4. The predicted octanol–water partition coefficient (Wildman–Crippen LogP) is 4.51. The van der Waals surface area contributed by atoms with Gasteiger partial charge in [0.05, 0.1) is 11.4 Å². The number of hydroxylamine groups is 1. The van der Waals surface area contributed by atoms with E-state index < -0.39 is 35.3 Å². The fourth-order valence-electron chi connectivity index (χ4n) is 3.70. The molecule has 0 bridgehead atoms. The summed E-state index contributed by atoms with van der Waals surface area (Å²) in [7, 11) is 0. The zero-order valence-electron chi connectivity index (χ0n) is 18.9. The summed E-state index contributed by atoms with van der Waals surface area (Å²) < 4.78 is 12.3. The maximum absolute atomic E-state index is 12.9. The first-order valence-corrected chi connectivity index (χ1v) is 10.4. The number of nitrogens with zero attached hydrogens (tertiary/aromatic N) is 1. The first kappa shape index (κ1) is 22.7. The Morgan fingerprint density at radius 3 is 2.29 bits per heavy atom. The van der Waals surface area contributed by atoms with E-state index in [1.807, 2.05) is 45.0 Å². The van der Waals surface area contributed by atoms with Gasteiger partial charge in [0.1, 0.15) is 11.2 Å². The highest BCUT2D eigenvalue weighted by atomic mass is 16.7. The zero-order chi connectivity index (χ0) is 23.0. The van der Waals surface area contributed by atoms with E-state index in [9.17, 15) is 14.4 Å². The Bertz CT molecular complexity index is 1010. The van der Waals surface area contributed by atoms with Crippen LogP contribution in [0.1, 0.15) is 59.2 Å². The summed E-state index contributed by atoms with van der Waals surface area (Å²) in [6.07, 6.45) is 0.146. The second-order valence-electron chi connectivity index (χ2n) is 9.72. The lowest BCUT2D eigenvalue weighted by atomic mass is 9.86. The quantitative estimate of drug-likeness (QED) is 0.528. The molecule has 0 radical (unpaired) electrons. The fourth-order valence-corrected chi connectivity index (χ4v) is 3.70. The Morgan fingerprint density at radius 1 is 1.00 bits per heavy atom. The number of aromatic nitrogens is 1. The summed E-state index contributed by atoms with van der Waals surface area (Å²) >= 11 is 0. The number of fused-ring (bicyclic) bond motifs is 3. The molecule has 168 valence electrons. The topological polar surface area (TPSA) is 95.9 Å². The van der Waals surface area contributed by atoms with Crippen molar-refractivity contribution >= 4 is 29.1 Å². The molecule has 1 atom stereocenters. The molecule has 1 N–H and O–H groups in total. The first-order valence-electron chi connectivity index (χ1n) is 10.4. The highest BCUT2D eigenvalue weighted by Crippen LogP contribution is 2.35. The van der Waals surface area contributed by atoms with Crippen molar-refractivity contribution in [3.63, 3.8) is 0 Å². The van der Waals surface area contributed by atoms with E-state index in [4.69, 9.17) is 14.3 Å². The Hall–Kier alpha value is -3.03. The molecule has 2 aromatic rings. The van der Waals surface area contributed by atoms with E-state index in [1.165, 1.54) is 0 Å². The van der Waals surface area contributed by atoms with Gasteiger partial charge < -0.3 is 14.3 Å². The van der Waals surface area contributed by atoms with Gasteiger partial charge in [-0.3, -0.25) is 0 Å². The Balaban J connectivity index is 1.80. The Morgan fingerprint density at radius 2 is 1.65 bits per heavy atom. The van der Waals surface area contributed by atoms with Crippen molar-refractivity contribution in [3.8, 4) is 0 Å². The maximum Gasteiger partial charge on any atom is 0.441 e. The summed E-state index contributed by atoms with van der Waals surface area (Å²) in [4.78, 5) is 42.2.